The van der Waals surface area contributed by atoms with E-state index in [1.165, 1.54) is 24.8 Å². The van der Waals surface area contributed by atoms with Gasteiger partial charge < -0.3 is 0 Å². The molecule has 1 aliphatic heterocycles. The number of hydrogen-bond donors (Lipinski definition) is 0. The molecule has 0 spiro atoms. The molecule has 1 fully saturated rings. The van der Waals surface area contributed by atoms with Gasteiger partial charge in [0.2, 0.25) is 0 Å². The van der Waals surface area contributed by atoms with E-state index in [1.54, 1.807) is 12.1 Å². The van der Waals surface area contributed by atoms with E-state index in [9.17, 15) is 0 Å². The van der Waals surface area contributed by atoms with Crippen LogP contribution in [0.4, 0.5) is 0 Å². The van der Waals surface area contributed by atoms with E-state index < -0.39 is 8.80 Å². The van der Waals surface area contributed by atoms with Crippen molar-refractivity contribution in [1.82, 2.24) is 0 Å². The molecule has 1 aromatic rings. The molecule has 1 unspecified atom stereocenters. The summed E-state index contributed by atoms with van der Waals surface area (Å²) in [4.78, 5) is 0. The average molecular weight is 203 g/mol. The third-order valence-electron chi connectivity index (χ3n) is 3.58. The first-order chi connectivity index (χ1) is 6.88. The highest BCUT2D eigenvalue weighted by atomic mass is 28.3. The van der Waals surface area contributed by atoms with Crippen molar-refractivity contribution in [3.8, 4) is 0 Å². The van der Waals surface area contributed by atoms with Gasteiger partial charge in [0.1, 0.15) is 0 Å². The monoisotopic (exact) mass is 203 g/mol. The lowest BCUT2D eigenvalue weighted by Gasteiger charge is -2.26. The SMILES string of the molecule is CC(c1[c]cccc1)[SiH]1CCCCC1. The van der Waals surface area contributed by atoms with Crippen LogP contribution in [0.25, 0.3) is 0 Å². The van der Waals surface area contributed by atoms with Crippen LogP contribution >= 0.6 is 0 Å². The maximum Gasteiger partial charge on any atom is 0.0446 e. The summed E-state index contributed by atoms with van der Waals surface area (Å²) in [5.41, 5.74) is 2.31. The molecule has 75 valence electrons. The van der Waals surface area contributed by atoms with E-state index in [4.69, 9.17) is 0 Å². The lowest BCUT2D eigenvalue weighted by atomic mass is 10.2. The van der Waals surface area contributed by atoms with Crippen LogP contribution in [0.1, 0.15) is 37.3 Å². The smallest absolute Gasteiger partial charge is 0.0446 e. The summed E-state index contributed by atoms with van der Waals surface area (Å²) in [6.07, 6.45) is 4.47. The largest absolute Gasteiger partial charge is 0.0620 e. The van der Waals surface area contributed by atoms with Crippen LogP contribution in [0.2, 0.25) is 12.1 Å². The molecule has 2 rings (SSSR count). The first kappa shape index (κ1) is 9.97. The Balaban J connectivity index is 2.03. The fourth-order valence-electron chi connectivity index (χ4n) is 2.58. The normalized spacial score (nSPS) is 20.6. The third-order valence-corrected chi connectivity index (χ3v) is 7.65. The standard InChI is InChI=1S/C13H19Si/c1-12(13-8-4-2-5-9-13)14-10-6-3-7-11-14/h2,4-5,8,12,14H,3,6-7,10-11H2,1H3. The van der Waals surface area contributed by atoms with Gasteiger partial charge in [-0.25, -0.2) is 0 Å². The molecule has 0 amide bonds. The van der Waals surface area contributed by atoms with Crippen molar-refractivity contribution in [1.29, 1.82) is 0 Å². The molecule has 1 aromatic carbocycles. The molecule has 1 heterocycles. The van der Waals surface area contributed by atoms with Crippen molar-refractivity contribution in [2.45, 2.75) is 43.8 Å². The molecule has 1 aliphatic rings. The average Bonchev–Trinajstić information content (AvgIpc) is 2.30. The third kappa shape index (κ3) is 2.27. The van der Waals surface area contributed by atoms with Crippen LogP contribution in [-0.2, 0) is 0 Å². The van der Waals surface area contributed by atoms with Gasteiger partial charge in [0.25, 0.3) is 0 Å². The van der Waals surface area contributed by atoms with Crippen molar-refractivity contribution >= 4 is 8.80 Å². The Kier molecular flexibility index (Phi) is 3.41. The summed E-state index contributed by atoms with van der Waals surface area (Å²) >= 11 is 0. The van der Waals surface area contributed by atoms with Crippen molar-refractivity contribution in [2.75, 3.05) is 0 Å². The summed E-state index contributed by atoms with van der Waals surface area (Å²) < 4.78 is 0. The molecule has 1 atom stereocenters. The molecule has 14 heavy (non-hydrogen) atoms. The van der Waals surface area contributed by atoms with Gasteiger partial charge in [-0.1, -0.05) is 62.5 Å². The van der Waals surface area contributed by atoms with Crippen molar-refractivity contribution in [2.24, 2.45) is 0 Å². The Hall–Kier alpha value is -0.563. The zero-order valence-electron chi connectivity index (χ0n) is 9.00. The van der Waals surface area contributed by atoms with Gasteiger partial charge >= 0.3 is 0 Å². The maximum atomic E-state index is 3.40. The topological polar surface area (TPSA) is 0 Å². The Morgan fingerprint density at radius 3 is 2.64 bits per heavy atom. The van der Waals surface area contributed by atoms with E-state index >= 15 is 0 Å². The molecule has 0 bridgehead atoms. The number of benzene rings is 1. The van der Waals surface area contributed by atoms with Crippen LogP contribution in [0.5, 0.6) is 0 Å². The van der Waals surface area contributed by atoms with Crippen molar-refractivity contribution in [3.63, 3.8) is 0 Å². The molecule has 1 radical (unpaired) electrons. The molecule has 0 saturated carbocycles. The Morgan fingerprint density at radius 1 is 1.21 bits per heavy atom. The second kappa shape index (κ2) is 4.79. The van der Waals surface area contributed by atoms with Crippen LogP contribution < -0.4 is 0 Å². The summed E-state index contributed by atoms with van der Waals surface area (Å²) in [6.45, 7) is 2.42. The predicted octanol–water partition coefficient (Wildman–Crippen LogP) is 3.54. The Morgan fingerprint density at radius 2 is 2.00 bits per heavy atom. The van der Waals surface area contributed by atoms with E-state index in [1.807, 2.05) is 0 Å². The highest BCUT2D eigenvalue weighted by molar-refractivity contribution is 6.60. The lowest BCUT2D eigenvalue weighted by Crippen LogP contribution is -2.23. The molecular weight excluding hydrogens is 184 g/mol. The first-order valence-corrected chi connectivity index (χ1v) is 8.14. The van der Waals surface area contributed by atoms with Crippen molar-refractivity contribution < 1.29 is 0 Å². The zero-order valence-corrected chi connectivity index (χ0v) is 10.2. The van der Waals surface area contributed by atoms with Crippen molar-refractivity contribution in [3.05, 3.63) is 35.9 Å². The molecule has 1 heteroatoms. The lowest BCUT2D eigenvalue weighted by molar-refractivity contribution is 0.709. The van der Waals surface area contributed by atoms with Crippen LogP contribution in [0, 0.1) is 6.07 Å². The van der Waals surface area contributed by atoms with Gasteiger partial charge in [-0.2, -0.15) is 0 Å². The van der Waals surface area contributed by atoms with Gasteiger partial charge in [-0.3, -0.25) is 0 Å². The molecule has 0 aromatic heterocycles. The first-order valence-electron chi connectivity index (χ1n) is 5.84. The van der Waals surface area contributed by atoms with E-state index in [-0.39, 0.29) is 0 Å². The van der Waals surface area contributed by atoms with E-state index in [2.05, 4.69) is 37.3 Å². The zero-order chi connectivity index (χ0) is 9.80. The molecular formula is C13H19Si. The van der Waals surface area contributed by atoms with Gasteiger partial charge in [-0.15, -0.1) is 0 Å². The molecule has 0 N–H and O–H groups in total. The quantitative estimate of drug-likeness (QED) is 0.645. The number of rotatable bonds is 2. The maximum absolute atomic E-state index is 3.40. The number of hydrogen-bond acceptors (Lipinski definition) is 0. The predicted molar refractivity (Wildman–Crippen MR) is 64.3 cm³/mol. The van der Waals surface area contributed by atoms with Gasteiger partial charge in [0, 0.05) is 8.80 Å². The Bertz CT molecular complexity index is 262. The Labute approximate surface area is 89.0 Å². The minimum atomic E-state index is -0.478. The van der Waals surface area contributed by atoms with E-state index in [0.29, 0.717) is 0 Å². The van der Waals surface area contributed by atoms with Crippen LogP contribution in [0.3, 0.4) is 0 Å². The fourth-order valence-corrected chi connectivity index (χ4v) is 6.21. The summed E-state index contributed by atoms with van der Waals surface area (Å²) in [5.74, 6) is 0. The molecule has 0 nitrogen and oxygen atoms in total. The van der Waals surface area contributed by atoms with Crippen LogP contribution in [-0.4, -0.2) is 8.80 Å². The van der Waals surface area contributed by atoms with Crippen LogP contribution in [0.15, 0.2) is 24.3 Å². The van der Waals surface area contributed by atoms with E-state index in [0.717, 1.165) is 5.54 Å². The van der Waals surface area contributed by atoms with Gasteiger partial charge in [0.15, 0.2) is 0 Å². The van der Waals surface area contributed by atoms with Gasteiger partial charge in [0.05, 0.1) is 0 Å². The summed E-state index contributed by atoms with van der Waals surface area (Å²) in [5, 5.41) is 0. The summed E-state index contributed by atoms with van der Waals surface area (Å²) in [6, 6.07) is 15.1. The highest BCUT2D eigenvalue weighted by Gasteiger charge is 2.22. The second-order valence-corrected chi connectivity index (χ2v) is 8.18. The summed E-state index contributed by atoms with van der Waals surface area (Å²) in [7, 11) is -0.478. The van der Waals surface area contributed by atoms with Gasteiger partial charge in [-0.05, 0) is 17.2 Å². The minimum absolute atomic E-state index is 0.478. The second-order valence-electron chi connectivity index (χ2n) is 4.50. The highest BCUT2D eigenvalue weighted by Crippen LogP contribution is 2.29. The minimum Gasteiger partial charge on any atom is -0.0620 e. The molecule has 0 aliphatic carbocycles. The molecule has 1 saturated heterocycles. The fraction of sp³-hybridized carbons (Fsp3) is 0.538.